The first-order valence-corrected chi connectivity index (χ1v) is 4.85. The van der Waals surface area contributed by atoms with Crippen molar-refractivity contribution in [3.63, 3.8) is 0 Å². The standard InChI is InChI=1S/C8H9FN2O2.C2HF3O2/c9-6-1-2-7(10)5(3-6)4-11-8(12)13;3-2(4,5)1(6)7/h1-3,11H,4,10H2,(H,12,13);(H,6,7). The zero-order chi connectivity index (χ0) is 15.9. The Hall–Kier alpha value is -2.52. The molecule has 0 aliphatic carbocycles. The molecule has 0 aromatic heterocycles. The Kier molecular flexibility index (Phi) is 6.26. The number of benzene rings is 1. The summed E-state index contributed by atoms with van der Waals surface area (Å²) < 4.78 is 44.4. The number of carboxylic acids is 1. The summed E-state index contributed by atoms with van der Waals surface area (Å²) in [5, 5.41) is 17.5. The number of nitrogen functional groups attached to an aromatic ring is 1. The molecule has 0 spiro atoms. The second-order valence-electron chi connectivity index (χ2n) is 3.30. The fourth-order valence-electron chi connectivity index (χ4n) is 0.898. The average molecular weight is 298 g/mol. The number of halogens is 4. The van der Waals surface area contributed by atoms with Crippen molar-refractivity contribution in [3.8, 4) is 0 Å². The van der Waals surface area contributed by atoms with Crippen LogP contribution in [-0.4, -0.2) is 28.5 Å². The van der Waals surface area contributed by atoms with Gasteiger partial charge in [-0.3, -0.25) is 0 Å². The van der Waals surface area contributed by atoms with Crippen LogP contribution in [0, 0.1) is 5.82 Å². The maximum atomic E-state index is 12.6. The Morgan fingerprint density at radius 3 is 2.15 bits per heavy atom. The summed E-state index contributed by atoms with van der Waals surface area (Å²) in [6, 6.07) is 3.82. The van der Waals surface area contributed by atoms with Crippen LogP contribution in [0.1, 0.15) is 5.56 Å². The van der Waals surface area contributed by atoms with Crippen molar-refractivity contribution in [1.82, 2.24) is 5.32 Å². The first-order valence-electron chi connectivity index (χ1n) is 4.85. The number of rotatable bonds is 2. The molecular weight excluding hydrogens is 288 g/mol. The number of anilines is 1. The zero-order valence-corrected chi connectivity index (χ0v) is 9.74. The highest BCUT2D eigenvalue weighted by Crippen LogP contribution is 2.13. The van der Waals surface area contributed by atoms with Gasteiger partial charge in [-0.25, -0.2) is 14.0 Å². The quantitative estimate of drug-likeness (QED) is 0.491. The van der Waals surface area contributed by atoms with Gasteiger partial charge in [0.25, 0.3) is 0 Å². The molecule has 10 heteroatoms. The number of hydrogen-bond donors (Lipinski definition) is 4. The minimum absolute atomic E-state index is 0.0128. The summed E-state index contributed by atoms with van der Waals surface area (Å²) >= 11 is 0. The van der Waals surface area contributed by atoms with E-state index in [0.29, 0.717) is 11.3 Å². The SMILES string of the molecule is Nc1ccc(F)cc1CNC(=O)O.O=C(O)C(F)(F)F. The molecule has 5 N–H and O–H groups in total. The van der Waals surface area contributed by atoms with Gasteiger partial charge in [-0.05, 0) is 23.8 Å². The molecule has 0 radical (unpaired) electrons. The molecule has 0 atom stereocenters. The highest BCUT2D eigenvalue weighted by atomic mass is 19.4. The van der Waals surface area contributed by atoms with Gasteiger partial charge in [0.05, 0.1) is 0 Å². The van der Waals surface area contributed by atoms with Crippen LogP contribution in [0.15, 0.2) is 18.2 Å². The number of carbonyl (C=O) groups is 2. The lowest BCUT2D eigenvalue weighted by Crippen LogP contribution is -2.21. The predicted molar refractivity (Wildman–Crippen MR) is 59.4 cm³/mol. The largest absolute Gasteiger partial charge is 0.490 e. The lowest BCUT2D eigenvalue weighted by molar-refractivity contribution is -0.192. The van der Waals surface area contributed by atoms with Gasteiger partial charge in [-0.2, -0.15) is 13.2 Å². The number of alkyl halides is 3. The van der Waals surface area contributed by atoms with Gasteiger partial charge >= 0.3 is 18.2 Å². The number of amides is 1. The minimum atomic E-state index is -5.08. The van der Waals surface area contributed by atoms with Crippen LogP contribution >= 0.6 is 0 Å². The van der Waals surface area contributed by atoms with E-state index in [-0.39, 0.29) is 6.54 Å². The second-order valence-corrected chi connectivity index (χ2v) is 3.30. The molecule has 1 amide bonds. The number of hydrogen-bond acceptors (Lipinski definition) is 3. The van der Waals surface area contributed by atoms with E-state index in [2.05, 4.69) is 5.32 Å². The molecular formula is C10H10F4N2O4. The number of nitrogens with two attached hydrogens (primary N) is 1. The van der Waals surface area contributed by atoms with Crippen molar-refractivity contribution in [3.05, 3.63) is 29.6 Å². The third-order valence-electron chi connectivity index (χ3n) is 1.78. The molecule has 0 fully saturated rings. The van der Waals surface area contributed by atoms with Gasteiger partial charge < -0.3 is 21.3 Å². The summed E-state index contributed by atoms with van der Waals surface area (Å²) in [6.07, 6.45) is -6.25. The Labute approximate surface area is 109 Å². The first-order chi connectivity index (χ1) is 9.04. The molecule has 0 aliphatic rings. The molecule has 0 saturated carbocycles. The van der Waals surface area contributed by atoms with Gasteiger partial charge in [-0.1, -0.05) is 0 Å². The summed E-state index contributed by atoms with van der Waals surface area (Å²) in [5.74, 6) is -3.19. The molecule has 6 nitrogen and oxygen atoms in total. The van der Waals surface area contributed by atoms with Gasteiger partial charge in [0.15, 0.2) is 0 Å². The van der Waals surface area contributed by atoms with E-state index in [1.54, 1.807) is 0 Å². The van der Waals surface area contributed by atoms with Crippen LogP contribution in [0.2, 0.25) is 0 Å². The third kappa shape index (κ3) is 7.03. The Morgan fingerprint density at radius 1 is 1.25 bits per heavy atom. The van der Waals surface area contributed by atoms with E-state index >= 15 is 0 Å². The van der Waals surface area contributed by atoms with E-state index < -0.39 is 24.1 Å². The van der Waals surface area contributed by atoms with Gasteiger partial charge in [-0.15, -0.1) is 0 Å². The Balaban J connectivity index is 0.000000441. The predicted octanol–water partition coefficient (Wildman–Crippen LogP) is 1.81. The lowest BCUT2D eigenvalue weighted by Gasteiger charge is -2.04. The molecule has 20 heavy (non-hydrogen) atoms. The van der Waals surface area contributed by atoms with E-state index in [1.807, 2.05) is 0 Å². The van der Waals surface area contributed by atoms with Crippen LogP contribution < -0.4 is 11.1 Å². The molecule has 0 unspecified atom stereocenters. The van der Waals surface area contributed by atoms with Gasteiger partial charge in [0, 0.05) is 12.2 Å². The summed E-state index contributed by atoms with van der Waals surface area (Å²) in [6.45, 7) is 0.0128. The molecule has 0 heterocycles. The van der Waals surface area contributed by atoms with Crippen molar-refractivity contribution in [2.24, 2.45) is 0 Å². The number of carboxylic acid groups (broad SMARTS) is 2. The maximum Gasteiger partial charge on any atom is 0.490 e. The van der Waals surface area contributed by atoms with E-state index in [1.165, 1.54) is 18.2 Å². The summed E-state index contributed by atoms with van der Waals surface area (Å²) in [5.41, 5.74) is 6.28. The van der Waals surface area contributed by atoms with Crippen molar-refractivity contribution >= 4 is 17.7 Å². The zero-order valence-electron chi connectivity index (χ0n) is 9.74. The van der Waals surface area contributed by atoms with Crippen molar-refractivity contribution in [1.29, 1.82) is 0 Å². The third-order valence-corrected chi connectivity index (χ3v) is 1.78. The summed E-state index contributed by atoms with van der Waals surface area (Å²) in [4.78, 5) is 19.0. The molecule has 0 saturated heterocycles. The Bertz CT molecular complexity index is 491. The highest BCUT2D eigenvalue weighted by molar-refractivity contribution is 5.73. The van der Waals surface area contributed by atoms with Gasteiger partial charge in [0.1, 0.15) is 5.82 Å². The van der Waals surface area contributed by atoms with Crippen LogP contribution in [0.5, 0.6) is 0 Å². The van der Waals surface area contributed by atoms with Crippen LogP contribution in [-0.2, 0) is 11.3 Å². The second kappa shape index (κ2) is 7.16. The van der Waals surface area contributed by atoms with Crippen LogP contribution in [0.4, 0.5) is 28.0 Å². The normalized spacial score (nSPS) is 10.2. The van der Waals surface area contributed by atoms with Crippen molar-refractivity contribution in [2.45, 2.75) is 12.7 Å². The number of nitrogens with one attached hydrogen (secondary N) is 1. The lowest BCUT2D eigenvalue weighted by atomic mass is 10.2. The van der Waals surface area contributed by atoms with Crippen molar-refractivity contribution in [2.75, 3.05) is 5.73 Å². The van der Waals surface area contributed by atoms with E-state index in [9.17, 15) is 22.4 Å². The molecule has 0 aliphatic heterocycles. The van der Waals surface area contributed by atoms with Crippen LogP contribution in [0.3, 0.4) is 0 Å². The topological polar surface area (TPSA) is 113 Å². The molecule has 0 bridgehead atoms. The number of aliphatic carboxylic acids is 1. The maximum absolute atomic E-state index is 12.6. The van der Waals surface area contributed by atoms with E-state index in [0.717, 1.165) is 0 Å². The first kappa shape index (κ1) is 17.5. The average Bonchev–Trinajstić information content (AvgIpc) is 2.30. The van der Waals surface area contributed by atoms with Crippen LogP contribution in [0.25, 0.3) is 0 Å². The highest BCUT2D eigenvalue weighted by Gasteiger charge is 2.38. The van der Waals surface area contributed by atoms with Gasteiger partial charge in [0.2, 0.25) is 0 Å². The molecule has 1 aromatic carbocycles. The molecule has 112 valence electrons. The smallest absolute Gasteiger partial charge is 0.475 e. The molecule has 1 aromatic rings. The van der Waals surface area contributed by atoms with Crippen molar-refractivity contribution < 1.29 is 37.4 Å². The summed E-state index contributed by atoms with van der Waals surface area (Å²) in [7, 11) is 0. The fraction of sp³-hybridized carbons (Fsp3) is 0.200. The minimum Gasteiger partial charge on any atom is -0.475 e. The molecule has 1 rings (SSSR count). The Morgan fingerprint density at radius 2 is 1.75 bits per heavy atom. The monoisotopic (exact) mass is 298 g/mol. The fourth-order valence-corrected chi connectivity index (χ4v) is 0.898. The van der Waals surface area contributed by atoms with E-state index in [4.69, 9.17) is 20.7 Å².